The Labute approximate surface area is 238 Å². The molecule has 4 atom stereocenters. The van der Waals surface area contributed by atoms with Crippen LogP contribution in [0.4, 0.5) is 0 Å². The lowest BCUT2D eigenvalue weighted by Crippen LogP contribution is -2.57. The first kappa shape index (κ1) is 32.6. The van der Waals surface area contributed by atoms with Crippen molar-refractivity contribution in [3.63, 3.8) is 0 Å². The molecule has 0 spiro atoms. The fraction of sp³-hybridized carbons (Fsp3) is 0.393. The van der Waals surface area contributed by atoms with Crippen molar-refractivity contribution >= 4 is 29.7 Å². The number of carboxylic acid groups (broad SMARTS) is 1. The Hall–Kier alpha value is -4.65. The molecule has 0 aliphatic heterocycles. The third-order valence-corrected chi connectivity index (χ3v) is 6.46. The zero-order chi connectivity index (χ0) is 30.5. The number of nitrogens with two attached hydrogens (primary N) is 3. The highest BCUT2D eigenvalue weighted by Crippen LogP contribution is 2.13. The minimum absolute atomic E-state index is 0.0309. The molecule has 0 saturated carbocycles. The summed E-state index contributed by atoms with van der Waals surface area (Å²) in [5.41, 5.74) is 18.2. The summed E-state index contributed by atoms with van der Waals surface area (Å²) >= 11 is 0. The standard InChI is InChI=1S/C28H39N7O6/c1-17(27(40)41)35(2)26(39)23(16-18-8-4-3-5-9-18)34-25(38)22(12-7-13-32-28(30)31)33-24(37)21(29)15-19-10-6-11-20(36)14-19/h3-6,8-11,14,17,21-23,36H,7,12-13,15-16,29H2,1-2H3,(H,33,37)(H,34,38)(H,40,41)(H4,30,31,32)/t17-,21-,22-,23-/m0/s1. The van der Waals surface area contributed by atoms with Crippen LogP contribution in [-0.4, -0.2) is 82.5 Å². The number of aliphatic imine (C=N–C) groups is 1. The van der Waals surface area contributed by atoms with Gasteiger partial charge in [-0.15, -0.1) is 0 Å². The fourth-order valence-electron chi connectivity index (χ4n) is 4.01. The number of phenols is 1. The molecule has 0 saturated heterocycles. The minimum Gasteiger partial charge on any atom is -0.508 e. The van der Waals surface area contributed by atoms with Gasteiger partial charge in [-0.2, -0.15) is 0 Å². The number of amides is 3. The molecule has 2 aromatic rings. The molecule has 2 rings (SSSR count). The van der Waals surface area contributed by atoms with Gasteiger partial charge in [-0.1, -0.05) is 42.5 Å². The summed E-state index contributed by atoms with van der Waals surface area (Å²) in [7, 11) is 1.35. The summed E-state index contributed by atoms with van der Waals surface area (Å²) in [6.45, 7) is 1.56. The number of nitrogens with one attached hydrogen (secondary N) is 2. The molecule has 0 aromatic heterocycles. The van der Waals surface area contributed by atoms with Gasteiger partial charge in [-0.05, 0) is 49.4 Å². The van der Waals surface area contributed by atoms with Gasteiger partial charge >= 0.3 is 5.97 Å². The number of likely N-dealkylation sites (N-methyl/N-ethyl adjacent to an activating group) is 1. The second-order valence-electron chi connectivity index (χ2n) is 9.70. The van der Waals surface area contributed by atoms with Crippen LogP contribution in [0.25, 0.3) is 0 Å². The van der Waals surface area contributed by atoms with Crippen molar-refractivity contribution < 1.29 is 29.4 Å². The van der Waals surface area contributed by atoms with Gasteiger partial charge in [0, 0.05) is 20.0 Å². The van der Waals surface area contributed by atoms with Gasteiger partial charge in [0.2, 0.25) is 17.7 Å². The van der Waals surface area contributed by atoms with Gasteiger partial charge in [0.1, 0.15) is 23.9 Å². The second-order valence-corrected chi connectivity index (χ2v) is 9.70. The Morgan fingerprint density at radius 1 is 0.927 bits per heavy atom. The summed E-state index contributed by atoms with van der Waals surface area (Å²) in [4.78, 5) is 56.3. The van der Waals surface area contributed by atoms with Crippen LogP contribution in [0.2, 0.25) is 0 Å². The zero-order valence-electron chi connectivity index (χ0n) is 23.2. The first-order valence-corrected chi connectivity index (χ1v) is 13.1. The van der Waals surface area contributed by atoms with Crippen molar-refractivity contribution in [2.75, 3.05) is 13.6 Å². The van der Waals surface area contributed by atoms with E-state index in [-0.39, 0.29) is 37.5 Å². The number of phenolic OH excluding ortho intramolecular Hbond substituents is 1. The molecule has 0 radical (unpaired) electrons. The van der Waals surface area contributed by atoms with E-state index in [2.05, 4.69) is 15.6 Å². The monoisotopic (exact) mass is 569 g/mol. The zero-order valence-corrected chi connectivity index (χ0v) is 23.2. The number of carbonyl (C=O) groups excluding carboxylic acids is 3. The maximum Gasteiger partial charge on any atom is 0.326 e. The Balaban J connectivity index is 2.24. The van der Waals surface area contributed by atoms with Crippen molar-refractivity contribution in [3.8, 4) is 5.75 Å². The van der Waals surface area contributed by atoms with Gasteiger partial charge in [-0.25, -0.2) is 4.79 Å². The number of rotatable bonds is 15. The molecule has 0 aliphatic carbocycles. The van der Waals surface area contributed by atoms with E-state index in [9.17, 15) is 29.4 Å². The third-order valence-electron chi connectivity index (χ3n) is 6.46. The summed E-state index contributed by atoms with van der Waals surface area (Å²) in [5, 5.41) is 24.4. The molecule has 222 valence electrons. The number of benzene rings is 2. The van der Waals surface area contributed by atoms with E-state index in [0.29, 0.717) is 12.0 Å². The quantitative estimate of drug-likeness (QED) is 0.0829. The lowest BCUT2D eigenvalue weighted by molar-refractivity contribution is -0.149. The van der Waals surface area contributed by atoms with Gasteiger partial charge < -0.3 is 42.9 Å². The van der Waals surface area contributed by atoms with E-state index < -0.39 is 47.9 Å². The number of hydrogen-bond donors (Lipinski definition) is 7. The van der Waals surface area contributed by atoms with Crippen LogP contribution in [-0.2, 0) is 32.0 Å². The summed E-state index contributed by atoms with van der Waals surface area (Å²) in [5.74, 6) is -3.16. The highest BCUT2D eigenvalue weighted by Gasteiger charge is 2.32. The van der Waals surface area contributed by atoms with Crippen LogP contribution in [0.1, 0.15) is 30.9 Å². The summed E-state index contributed by atoms with van der Waals surface area (Å²) < 4.78 is 0. The Morgan fingerprint density at radius 3 is 2.17 bits per heavy atom. The Kier molecular flexibility index (Phi) is 12.6. The normalized spacial score (nSPS) is 13.6. The molecule has 10 N–H and O–H groups in total. The van der Waals surface area contributed by atoms with Gasteiger partial charge in [0.25, 0.3) is 0 Å². The highest BCUT2D eigenvalue weighted by atomic mass is 16.4. The molecule has 0 fully saturated rings. The number of aromatic hydroxyl groups is 1. The number of guanidine groups is 1. The molecule has 0 bridgehead atoms. The molecule has 3 amide bonds. The maximum atomic E-state index is 13.5. The molecule has 41 heavy (non-hydrogen) atoms. The second kappa shape index (κ2) is 15.8. The van der Waals surface area contributed by atoms with Crippen molar-refractivity contribution in [3.05, 3.63) is 65.7 Å². The average molecular weight is 570 g/mol. The van der Waals surface area contributed by atoms with Crippen LogP contribution in [0.5, 0.6) is 5.75 Å². The predicted octanol–water partition coefficient (Wildman–Crippen LogP) is -0.541. The van der Waals surface area contributed by atoms with Crippen molar-refractivity contribution in [1.29, 1.82) is 0 Å². The van der Waals surface area contributed by atoms with E-state index in [1.165, 1.54) is 26.1 Å². The molecule has 0 aliphatic rings. The van der Waals surface area contributed by atoms with E-state index >= 15 is 0 Å². The van der Waals surface area contributed by atoms with Crippen LogP contribution < -0.4 is 27.8 Å². The Bertz CT molecular complexity index is 1220. The lowest BCUT2D eigenvalue weighted by Gasteiger charge is -2.29. The predicted molar refractivity (Wildman–Crippen MR) is 154 cm³/mol. The molecule has 13 heteroatoms. The van der Waals surface area contributed by atoms with E-state index in [1.54, 1.807) is 42.5 Å². The van der Waals surface area contributed by atoms with Crippen molar-refractivity contribution in [2.45, 2.75) is 56.8 Å². The van der Waals surface area contributed by atoms with Crippen LogP contribution in [0.3, 0.4) is 0 Å². The first-order valence-electron chi connectivity index (χ1n) is 13.1. The lowest BCUT2D eigenvalue weighted by atomic mass is 10.0. The number of carboxylic acids is 1. The molecule has 2 aromatic carbocycles. The van der Waals surface area contributed by atoms with Crippen LogP contribution in [0, 0.1) is 0 Å². The fourth-order valence-corrected chi connectivity index (χ4v) is 4.01. The van der Waals surface area contributed by atoms with Crippen LogP contribution in [0.15, 0.2) is 59.6 Å². The maximum absolute atomic E-state index is 13.5. The van der Waals surface area contributed by atoms with Gasteiger partial charge in [0.15, 0.2) is 5.96 Å². The number of aliphatic carboxylic acids is 1. The van der Waals surface area contributed by atoms with Crippen LogP contribution >= 0.6 is 0 Å². The number of hydrogen-bond acceptors (Lipinski definition) is 7. The highest BCUT2D eigenvalue weighted by molar-refractivity contribution is 5.94. The van der Waals surface area contributed by atoms with E-state index in [1.807, 2.05) is 0 Å². The van der Waals surface area contributed by atoms with E-state index in [0.717, 1.165) is 10.5 Å². The molecular formula is C28H39N7O6. The first-order chi connectivity index (χ1) is 19.4. The SMILES string of the molecule is C[C@@H](C(=O)O)N(C)C(=O)[C@H](Cc1ccccc1)NC(=O)[C@H](CCCN=C(N)N)NC(=O)[C@@H](N)Cc1cccc(O)c1. The topological polar surface area (TPSA) is 226 Å². The molecule has 0 heterocycles. The number of nitrogens with zero attached hydrogens (tertiary/aromatic N) is 2. The third kappa shape index (κ3) is 10.8. The summed E-state index contributed by atoms with van der Waals surface area (Å²) in [6, 6.07) is 10.9. The summed E-state index contributed by atoms with van der Waals surface area (Å²) in [6.07, 6.45) is 0.648. The molecular weight excluding hydrogens is 530 g/mol. The van der Waals surface area contributed by atoms with Crippen molar-refractivity contribution in [1.82, 2.24) is 15.5 Å². The minimum atomic E-state index is -1.20. The van der Waals surface area contributed by atoms with Gasteiger partial charge in [-0.3, -0.25) is 19.4 Å². The largest absolute Gasteiger partial charge is 0.508 e. The molecule has 0 unspecified atom stereocenters. The molecule has 13 nitrogen and oxygen atoms in total. The van der Waals surface area contributed by atoms with Gasteiger partial charge in [0.05, 0.1) is 6.04 Å². The number of carbonyl (C=O) groups is 4. The Morgan fingerprint density at radius 2 is 1.56 bits per heavy atom. The average Bonchev–Trinajstić information content (AvgIpc) is 2.93. The van der Waals surface area contributed by atoms with Crippen molar-refractivity contribution in [2.24, 2.45) is 22.2 Å². The smallest absolute Gasteiger partial charge is 0.326 e. The van der Waals surface area contributed by atoms with E-state index in [4.69, 9.17) is 17.2 Å².